The zero-order chi connectivity index (χ0) is 17.6. The van der Waals surface area contributed by atoms with Crippen molar-refractivity contribution in [3.63, 3.8) is 0 Å². The van der Waals surface area contributed by atoms with Gasteiger partial charge in [0.05, 0.1) is 6.54 Å². The summed E-state index contributed by atoms with van der Waals surface area (Å²) >= 11 is 0. The lowest BCUT2D eigenvalue weighted by molar-refractivity contribution is -0.0858. The predicted octanol–water partition coefficient (Wildman–Crippen LogP) is 0.256. The van der Waals surface area contributed by atoms with Crippen LogP contribution in [-0.2, 0) is 31.5 Å². The van der Waals surface area contributed by atoms with Gasteiger partial charge in [-0.15, -0.1) is 0 Å². The second kappa shape index (κ2) is 5.89. The van der Waals surface area contributed by atoms with Gasteiger partial charge >= 0.3 is 11.1 Å². The number of ether oxygens (including phenoxy) is 1. The third kappa shape index (κ3) is 2.91. The zero-order valence-corrected chi connectivity index (χ0v) is 13.9. The molecule has 0 aliphatic carbocycles. The Labute approximate surface area is 143 Å². The van der Waals surface area contributed by atoms with E-state index in [1.54, 1.807) is 12.1 Å². The molecule has 2 aliphatic rings. The van der Waals surface area contributed by atoms with E-state index in [-0.39, 0.29) is 12.4 Å². The van der Waals surface area contributed by atoms with Crippen LogP contribution in [0.25, 0.3) is 0 Å². The van der Waals surface area contributed by atoms with E-state index in [2.05, 4.69) is 10.00 Å². The molecule has 3 heterocycles. The van der Waals surface area contributed by atoms with Crippen LogP contribution in [0.5, 0.6) is 0 Å². The van der Waals surface area contributed by atoms with Crippen molar-refractivity contribution in [2.45, 2.75) is 31.7 Å². The molecule has 0 bridgehead atoms. The molecular weight excluding hydrogens is 327 g/mol. The van der Waals surface area contributed by atoms with Gasteiger partial charge in [0.25, 0.3) is 0 Å². The number of hydrogen-bond donors (Lipinski definition) is 0. The van der Waals surface area contributed by atoms with Gasteiger partial charge in [-0.3, -0.25) is 19.1 Å². The Morgan fingerprint density at radius 3 is 2.72 bits per heavy atom. The molecule has 2 aromatic rings. The Hall–Kier alpha value is -2.32. The molecule has 1 aromatic heterocycles. The van der Waals surface area contributed by atoms with Gasteiger partial charge < -0.3 is 4.74 Å². The number of aromatic nitrogens is 3. The highest BCUT2D eigenvalue weighted by Crippen LogP contribution is 2.31. The normalized spacial score (nSPS) is 23.1. The monoisotopic (exact) mass is 346 g/mol. The summed E-state index contributed by atoms with van der Waals surface area (Å²) in [6.45, 7) is 2.73. The highest BCUT2D eigenvalue weighted by atomic mass is 19.1. The zero-order valence-electron chi connectivity index (χ0n) is 13.9. The van der Waals surface area contributed by atoms with E-state index in [4.69, 9.17) is 4.74 Å². The van der Waals surface area contributed by atoms with Crippen LogP contribution in [0.1, 0.15) is 17.8 Å². The first-order chi connectivity index (χ1) is 12.0. The van der Waals surface area contributed by atoms with Crippen LogP contribution in [0.4, 0.5) is 4.39 Å². The van der Waals surface area contributed by atoms with E-state index < -0.39 is 16.7 Å². The van der Waals surface area contributed by atoms with Crippen LogP contribution in [-0.4, -0.2) is 37.9 Å². The van der Waals surface area contributed by atoms with Crippen molar-refractivity contribution in [3.05, 3.63) is 62.2 Å². The SMILES string of the molecule is Cn1nc2n(c(=O)c1=O)CC1(CCN(Cc3ccc(F)cc3)C1)OC2. The minimum atomic E-state index is -0.623. The van der Waals surface area contributed by atoms with E-state index in [9.17, 15) is 14.0 Å². The summed E-state index contributed by atoms with van der Waals surface area (Å²) in [5.41, 5.74) is -0.623. The van der Waals surface area contributed by atoms with Crippen molar-refractivity contribution in [1.82, 2.24) is 19.2 Å². The molecule has 25 heavy (non-hydrogen) atoms. The molecule has 4 rings (SSSR count). The molecule has 1 spiro atoms. The van der Waals surface area contributed by atoms with Gasteiger partial charge in [-0.1, -0.05) is 12.1 Å². The van der Waals surface area contributed by atoms with Gasteiger partial charge in [-0.25, -0.2) is 9.07 Å². The maximum absolute atomic E-state index is 13.0. The lowest BCUT2D eigenvalue weighted by Crippen LogP contribution is -2.52. The van der Waals surface area contributed by atoms with Crippen LogP contribution in [0.15, 0.2) is 33.9 Å². The second-order valence-electron chi connectivity index (χ2n) is 6.80. The molecule has 1 unspecified atom stereocenters. The molecule has 0 radical (unpaired) electrons. The maximum Gasteiger partial charge on any atom is 0.332 e. The van der Waals surface area contributed by atoms with E-state index in [1.165, 1.54) is 23.7 Å². The minimum absolute atomic E-state index is 0.216. The minimum Gasteiger partial charge on any atom is -0.364 e. The van der Waals surface area contributed by atoms with Gasteiger partial charge in [0, 0.05) is 26.7 Å². The van der Waals surface area contributed by atoms with Crippen LogP contribution in [0.3, 0.4) is 0 Å². The van der Waals surface area contributed by atoms with E-state index >= 15 is 0 Å². The average Bonchev–Trinajstić information content (AvgIpc) is 2.98. The Bertz CT molecular complexity index is 921. The fourth-order valence-corrected chi connectivity index (χ4v) is 3.62. The van der Waals surface area contributed by atoms with E-state index in [1.807, 2.05) is 0 Å². The summed E-state index contributed by atoms with van der Waals surface area (Å²) in [7, 11) is 1.47. The lowest BCUT2D eigenvalue weighted by Gasteiger charge is -2.35. The maximum atomic E-state index is 13.0. The van der Waals surface area contributed by atoms with Gasteiger partial charge in [0.2, 0.25) is 0 Å². The van der Waals surface area contributed by atoms with Crippen molar-refractivity contribution < 1.29 is 9.13 Å². The van der Waals surface area contributed by atoms with Crippen molar-refractivity contribution in [3.8, 4) is 0 Å². The Balaban J connectivity index is 1.53. The highest BCUT2D eigenvalue weighted by molar-refractivity contribution is 5.16. The van der Waals surface area contributed by atoms with Gasteiger partial charge in [-0.05, 0) is 24.1 Å². The average molecular weight is 346 g/mol. The van der Waals surface area contributed by atoms with E-state index in [0.717, 1.165) is 23.2 Å². The molecule has 1 fully saturated rings. The number of benzene rings is 1. The van der Waals surface area contributed by atoms with Gasteiger partial charge in [-0.2, -0.15) is 5.10 Å². The predicted molar refractivity (Wildman–Crippen MR) is 87.6 cm³/mol. The van der Waals surface area contributed by atoms with Crippen molar-refractivity contribution in [2.75, 3.05) is 13.1 Å². The van der Waals surface area contributed by atoms with Crippen LogP contribution in [0.2, 0.25) is 0 Å². The molecule has 0 saturated carbocycles. The number of likely N-dealkylation sites (tertiary alicyclic amines) is 1. The summed E-state index contributed by atoms with van der Waals surface area (Å²) in [5.74, 6) is 0.233. The smallest absolute Gasteiger partial charge is 0.332 e. The molecule has 2 aliphatic heterocycles. The summed E-state index contributed by atoms with van der Waals surface area (Å²) < 4.78 is 21.6. The highest BCUT2D eigenvalue weighted by Gasteiger charge is 2.43. The molecule has 132 valence electrons. The first-order valence-electron chi connectivity index (χ1n) is 8.24. The van der Waals surface area contributed by atoms with Crippen molar-refractivity contribution >= 4 is 0 Å². The summed E-state index contributed by atoms with van der Waals surface area (Å²) in [5, 5.41) is 4.12. The lowest BCUT2D eigenvalue weighted by atomic mass is 10.0. The van der Waals surface area contributed by atoms with Gasteiger partial charge in [0.1, 0.15) is 18.0 Å². The Morgan fingerprint density at radius 1 is 1.20 bits per heavy atom. The van der Waals surface area contributed by atoms with Crippen molar-refractivity contribution in [1.29, 1.82) is 0 Å². The fourth-order valence-electron chi connectivity index (χ4n) is 3.62. The molecule has 0 amide bonds. The van der Waals surface area contributed by atoms with Crippen LogP contribution < -0.4 is 11.1 Å². The third-order valence-corrected chi connectivity index (χ3v) is 4.97. The molecule has 1 aromatic carbocycles. The van der Waals surface area contributed by atoms with Crippen molar-refractivity contribution in [2.24, 2.45) is 7.05 Å². The number of aryl methyl sites for hydroxylation is 1. The molecule has 7 nitrogen and oxygen atoms in total. The molecule has 8 heteroatoms. The quantitative estimate of drug-likeness (QED) is 0.730. The largest absolute Gasteiger partial charge is 0.364 e. The molecule has 1 atom stereocenters. The second-order valence-corrected chi connectivity index (χ2v) is 6.80. The molecular formula is C17H19FN4O3. The summed E-state index contributed by atoms with van der Waals surface area (Å²) in [6, 6.07) is 6.45. The number of rotatable bonds is 2. The number of hydrogen-bond acceptors (Lipinski definition) is 5. The van der Waals surface area contributed by atoms with Gasteiger partial charge in [0.15, 0.2) is 5.82 Å². The number of halogens is 1. The van der Waals surface area contributed by atoms with Crippen LogP contribution in [0, 0.1) is 5.82 Å². The first kappa shape index (κ1) is 16.2. The molecule has 1 saturated heterocycles. The van der Waals surface area contributed by atoms with E-state index in [0.29, 0.717) is 25.5 Å². The summed E-state index contributed by atoms with van der Waals surface area (Å²) in [4.78, 5) is 26.3. The first-order valence-corrected chi connectivity index (χ1v) is 8.24. The van der Waals surface area contributed by atoms with Crippen LogP contribution >= 0.6 is 0 Å². The topological polar surface area (TPSA) is 69.4 Å². The summed E-state index contributed by atoms with van der Waals surface area (Å²) in [6.07, 6.45) is 0.773. The number of fused-ring (bicyclic) bond motifs is 1. The number of nitrogens with zero attached hydrogens (tertiary/aromatic N) is 4. The standard InChI is InChI=1S/C17H19FN4O3/c1-20-15(23)16(24)22-11-17(25-9-14(22)19-20)6-7-21(10-17)8-12-2-4-13(18)5-3-12/h2-5H,6-11H2,1H3. The Kier molecular flexibility index (Phi) is 3.81. The third-order valence-electron chi connectivity index (χ3n) is 4.97. The fraction of sp³-hybridized carbons (Fsp3) is 0.471. The molecule has 0 N–H and O–H groups in total. The Morgan fingerprint density at radius 2 is 1.96 bits per heavy atom.